The minimum atomic E-state index is 0.277. The molecule has 1 aliphatic rings. The Morgan fingerprint density at radius 3 is 2.94 bits per heavy atom. The molecule has 2 unspecified atom stereocenters. The number of hydrogen-bond acceptors (Lipinski definition) is 5. The minimum absolute atomic E-state index is 0.277. The zero-order valence-electron chi connectivity index (χ0n) is 10.4. The van der Waals surface area contributed by atoms with Crippen LogP contribution in [0.15, 0.2) is 6.07 Å². The number of nitrogens with zero attached hydrogens (tertiary/aromatic N) is 2. The maximum Gasteiger partial charge on any atom is 0.240 e. The molecule has 1 aliphatic carbocycles. The van der Waals surface area contributed by atoms with Crippen LogP contribution in [0.2, 0.25) is 0 Å². The third-order valence-electron chi connectivity index (χ3n) is 3.14. The van der Waals surface area contributed by atoms with Crippen LogP contribution in [0.5, 0.6) is 5.88 Å². The maximum absolute atomic E-state index is 5.90. The average Bonchev–Trinajstić information content (AvgIpc) is 2.28. The zero-order chi connectivity index (χ0) is 12.3. The molecule has 1 heterocycles. The molecule has 1 saturated carbocycles. The predicted molar refractivity (Wildman–Crippen MR) is 66.6 cm³/mol. The van der Waals surface area contributed by atoms with E-state index in [-0.39, 0.29) is 6.10 Å². The lowest BCUT2D eigenvalue weighted by Crippen LogP contribution is -2.24. The first kappa shape index (κ1) is 12.1. The van der Waals surface area contributed by atoms with Gasteiger partial charge in [-0.25, -0.2) is 10.8 Å². The minimum Gasteiger partial charge on any atom is -0.474 e. The van der Waals surface area contributed by atoms with Crippen molar-refractivity contribution in [3.8, 4) is 5.88 Å². The van der Waals surface area contributed by atoms with Crippen LogP contribution in [-0.2, 0) is 0 Å². The van der Waals surface area contributed by atoms with Crippen molar-refractivity contribution in [2.24, 2.45) is 11.8 Å². The van der Waals surface area contributed by atoms with Gasteiger partial charge in [-0.1, -0.05) is 13.3 Å². The molecule has 17 heavy (non-hydrogen) atoms. The molecule has 0 bridgehead atoms. The van der Waals surface area contributed by atoms with Crippen molar-refractivity contribution in [1.82, 2.24) is 9.97 Å². The highest BCUT2D eigenvalue weighted by Crippen LogP contribution is 2.27. The van der Waals surface area contributed by atoms with Gasteiger partial charge in [0.15, 0.2) is 0 Å². The van der Waals surface area contributed by atoms with Crippen LogP contribution in [0, 0.1) is 12.8 Å². The van der Waals surface area contributed by atoms with Crippen molar-refractivity contribution in [1.29, 1.82) is 0 Å². The number of aromatic nitrogens is 2. The molecule has 5 nitrogen and oxygen atoms in total. The highest BCUT2D eigenvalue weighted by molar-refractivity contribution is 5.29. The van der Waals surface area contributed by atoms with Crippen LogP contribution >= 0.6 is 0 Å². The Morgan fingerprint density at radius 2 is 2.24 bits per heavy atom. The number of hydrazine groups is 1. The van der Waals surface area contributed by atoms with Gasteiger partial charge in [-0.2, -0.15) is 4.98 Å². The molecule has 0 spiro atoms. The lowest BCUT2D eigenvalue weighted by atomic mass is 9.89. The summed E-state index contributed by atoms with van der Waals surface area (Å²) in [5, 5.41) is 0. The molecule has 1 aromatic rings. The fourth-order valence-corrected chi connectivity index (χ4v) is 2.32. The number of nitrogen functional groups attached to an aromatic ring is 1. The monoisotopic (exact) mass is 236 g/mol. The first-order valence-electron chi connectivity index (χ1n) is 6.16. The number of rotatable bonds is 3. The summed E-state index contributed by atoms with van der Waals surface area (Å²) in [4.78, 5) is 8.33. The third kappa shape index (κ3) is 3.30. The Bertz CT molecular complexity index is 383. The van der Waals surface area contributed by atoms with E-state index in [1.54, 1.807) is 0 Å². The second-order valence-corrected chi connectivity index (χ2v) is 4.83. The summed E-state index contributed by atoms with van der Waals surface area (Å²) in [6.07, 6.45) is 5.03. The summed E-state index contributed by atoms with van der Waals surface area (Å²) < 4.78 is 5.90. The van der Waals surface area contributed by atoms with Gasteiger partial charge in [0.05, 0.1) is 0 Å². The van der Waals surface area contributed by atoms with Gasteiger partial charge in [0.2, 0.25) is 11.8 Å². The summed E-state index contributed by atoms with van der Waals surface area (Å²) in [7, 11) is 0. The molecule has 1 aromatic heterocycles. The Morgan fingerprint density at radius 1 is 1.41 bits per heavy atom. The predicted octanol–water partition coefficient (Wildman–Crippen LogP) is 2.03. The van der Waals surface area contributed by atoms with Crippen molar-refractivity contribution in [2.45, 2.75) is 45.6 Å². The fraction of sp³-hybridized carbons (Fsp3) is 0.667. The second kappa shape index (κ2) is 5.31. The van der Waals surface area contributed by atoms with Gasteiger partial charge in [-0.15, -0.1) is 0 Å². The molecule has 0 saturated heterocycles. The van der Waals surface area contributed by atoms with E-state index in [1.165, 1.54) is 12.8 Å². The molecule has 2 rings (SSSR count). The fourth-order valence-electron chi connectivity index (χ4n) is 2.32. The summed E-state index contributed by atoms with van der Waals surface area (Å²) >= 11 is 0. The summed E-state index contributed by atoms with van der Waals surface area (Å²) in [5.41, 5.74) is 3.31. The van der Waals surface area contributed by atoms with E-state index >= 15 is 0 Å². The lowest BCUT2D eigenvalue weighted by molar-refractivity contribution is 0.124. The van der Waals surface area contributed by atoms with Crippen molar-refractivity contribution in [3.05, 3.63) is 11.8 Å². The quantitative estimate of drug-likeness (QED) is 0.620. The van der Waals surface area contributed by atoms with E-state index in [9.17, 15) is 0 Å². The van der Waals surface area contributed by atoms with E-state index in [4.69, 9.17) is 10.6 Å². The van der Waals surface area contributed by atoms with Crippen molar-refractivity contribution >= 4 is 5.95 Å². The number of nitrogens with two attached hydrogens (primary N) is 1. The number of hydrogen-bond donors (Lipinski definition) is 2. The van der Waals surface area contributed by atoms with E-state index < -0.39 is 0 Å². The van der Waals surface area contributed by atoms with Crippen molar-refractivity contribution in [2.75, 3.05) is 5.43 Å². The highest BCUT2D eigenvalue weighted by Gasteiger charge is 2.20. The Labute approximate surface area is 102 Å². The smallest absolute Gasteiger partial charge is 0.240 e. The van der Waals surface area contributed by atoms with Crippen LogP contribution in [0.1, 0.15) is 38.3 Å². The zero-order valence-corrected chi connectivity index (χ0v) is 10.4. The largest absolute Gasteiger partial charge is 0.474 e. The molecule has 0 amide bonds. The van der Waals surface area contributed by atoms with Crippen LogP contribution in [0.4, 0.5) is 5.95 Å². The van der Waals surface area contributed by atoms with Gasteiger partial charge in [0.1, 0.15) is 6.10 Å². The Kier molecular flexibility index (Phi) is 3.78. The molecular weight excluding hydrogens is 216 g/mol. The normalized spacial score (nSPS) is 24.4. The first-order valence-corrected chi connectivity index (χ1v) is 6.16. The van der Waals surface area contributed by atoms with Gasteiger partial charge in [0, 0.05) is 11.8 Å². The SMILES string of the molecule is Cc1cc(OC2CCCC(C)C2)nc(NN)n1. The second-order valence-electron chi connectivity index (χ2n) is 4.83. The van der Waals surface area contributed by atoms with Gasteiger partial charge in [0.25, 0.3) is 0 Å². The molecule has 5 heteroatoms. The van der Waals surface area contributed by atoms with Gasteiger partial charge >= 0.3 is 0 Å². The molecule has 0 aliphatic heterocycles. The number of anilines is 1. The third-order valence-corrected chi connectivity index (χ3v) is 3.14. The number of ether oxygens (including phenoxy) is 1. The lowest BCUT2D eigenvalue weighted by Gasteiger charge is -2.27. The molecule has 0 radical (unpaired) electrons. The van der Waals surface area contributed by atoms with Crippen LogP contribution in [0.25, 0.3) is 0 Å². The van der Waals surface area contributed by atoms with Crippen LogP contribution in [-0.4, -0.2) is 16.1 Å². The number of aryl methyl sites for hydroxylation is 1. The van der Waals surface area contributed by atoms with Crippen molar-refractivity contribution < 1.29 is 4.74 Å². The summed E-state index contributed by atoms with van der Waals surface area (Å²) in [6, 6.07) is 1.85. The summed E-state index contributed by atoms with van der Waals surface area (Å²) in [6.45, 7) is 4.17. The Hall–Kier alpha value is -1.36. The molecule has 2 atom stereocenters. The topological polar surface area (TPSA) is 73.1 Å². The van der Waals surface area contributed by atoms with E-state index in [1.807, 2.05) is 13.0 Å². The molecule has 1 fully saturated rings. The standard InChI is InChI=1S/C12H20N4O/c1-8-4-3-5-10(6-8)17-11-7-9(2)14-12(15-11)16-13/h7-8,10H,3-6,13H2,1-2H3,(H,14,15,16). The van der Waals surface area contributed by atoms with Gasteiger partial charge in [-0.3, -0.25) is 5.43 Å². The molecule has 94 valence electrons. The summed E-state index contributed by atoms with van der Waals surface area (Å²) in [5.74, 6) is 7.07. The van der Waals surface area contributed by atoms with Crippen LogP contribution < -0.4 is 16.0 Å². The molecule has 3 N–H and O–H groups in total. The van der Waals surface area contributed by atoms with E-state index in [0.29, 0.717) is 11.8 Å². The Balaban J connectivity index is 2.04. The highest BCUT2D eigenvalue weighted by atomic mass is 16.5. The van der Waals surface area contributed by atoms with E-state index in [2.05, 4.69) is 22.3 Å². The molecule has 0 aromatic carbocycles. The van der Waals surface area contributed by atoms with E-state index in [0.717, 1.165) is 24.5 Å². The first-order chi connectivity index (χ1) is 8.17. The maximum atomic E-state index is 5.90. The van der Waals surface area contributed by atoms with Gasteiger partial charge in [-0.05, 0) is 32.1 Å². The molecular formula is C12H20N4O. The van der Waals surface area contributed by atoms with Crippen molar-refractivity contribution in [3.63, 3.8) is 0 Å². The van der Waals surface area contributed by atoms with Crippen LogP contribution in [0.3, 0.4) is 0 Å². The van der Waals surface area contributed by atoms with Gasteiger partial charge < -0.3 is 4.74 Å². The average molecular weight is 236 g/mol. The number of nitrogens with one attached hydrogen (secondary N) is 1.